The molecule has 1 aliphatic carbocycles. The number of rotatable bonds is 10. The first-order valence-corrected chi connectivity index (χ1v) is 16.7. The van der Waals surface area contributed by atoms with E-state index in [2.05, 4.69) is 15.0 Å². The maximum absolute atomic E-state index is 15.5. The predicted octanol–water partition coefficient (Wildman–Crippen LogP) is 6.60. The van der Waals surface area contributed by atoms with E-state index in [9.17, 15) is 27.3 Å². The summed E-state index contributed by atoms with van der Waals surface area (Å²) in [5.41, 5.74) is -4.12. The van der Waals surface area contributed by atoms with Gasteiger partial charge in [0.15, 0.2) is 5.60 Å². The number of nitrogens with zero attached hydrogens (tertiary/aromatic N) is 2. The van der Waals surface area contributed by atoms with Crippen LogP contribution in [0, 0.1) is 11.7 Å². The largest absolute Gasteiger partial charge is 0.598 e. The van der Waals surface area contributed by atoms with Gasteiger partial charge < -0.3 is 19.3 Å². The van der Waals surface area contributed by atoms with Gasteiger partial charge in [-0.2, -0.15) is 13.2 Å². The second kappa shape index (κ2) is 13.5. The van der Waals surface area contributed by atoms with Crippen molar-refractivity contribution >= 4 is 29.0 Å². The summed E-state index contributed by atoms with van der Waals surface area (Å²) in [5.74, 6) is -1.41. The third kappa shape index (κ3) is 8.38. The first-order chi connectivity index (χ1) is 21.7. The molecule has 2 heterocycles. The number of likely N-dealkylation sites (tertiary alicyclic amines) is 1. The highest BCUT2D eigenvalue weighted by Crippen LogP contribution is 2.45. The van der Waals surface area contributed by atoms with Crippen molar-refractivity contribution in [2.75, 3.05) is 19.0 Å². The standard InChI is InChI=1S/C33H44F4N4O5S/c1-29(2,3)46-28(43)41-20-31(45-7,33(35,36)37)19-26(41)27(42)39-25-18-23(10-11-24(25)34)32(15-12-21-8-9-21,22-13-16-38-17-14-22)40-47(44)30(4,5)6/h10-11,13-14,16-18,21,26,40H,8-9,12,15,19-20H2,1-7H3,(H,39,42)/t26-,31-,32?,47?/m1/s1. The summed E-state index contributed by atoms with van der Waals surface area (Å²) in [5, 5.41) is 2.44. The van der Waals surface area contributed by atoms with Gasteiger partial charge in [0.05, 0.1) is 12.2 Å². The number of ether oxygens (including phenoxy) is 2. The number of carbonyl (C=O) groups is 2. The number of alkyl halides is 3. The maximum Gasteiger partial charge on any atom is 0.419 e. The second-order valence-electron chi connectivity index (χ2n) is 14.3. The molecule has 0 radical (unpaired) electrons. The molecule has 1 aliphatic heterocycles. The monoisotopic (exact) mass is 684 g/mol. The normalized spacial score (nSPS) is 22.5. The second-order valence-corrected chi connectivity index (χ2v) is 16.3. The van der Waals surface area contributed by atoms with Crippen molar-refractivity contribution in [2.45, 2.75) is 107 Å². The third-order valence-corrected chi connectivity index (χ3v) is 10.1. The molecule has 14 heteroatoms. The quantitative estimate of drug-likeness (QED) is 0.214. The fraction of sp³-hybridized carbons (Fsp3) is 0.606. The number of hydrogen-bond acceptors (Lipinski definition) is 7. The van der Waals surface area contributed by atoms with Gasteiger partial charge in [-0.25, -0.2) is 9.18 Å². The minimum absolute atomic E-state index is 0.313. The van der Waals surface area contributed by atoms with Crippen LogP contribution in [0.2, 0.25) is 0 Å². The van der Waals surface area contributed by atoms with Crippen molar-refractivity contribution < 1.29 is 41.2 Å². The zero-order chi connectivity index (χ0) is 35.0. The zero-order valence-corrected chi connectivity index (χ0v) is 28.6. The predicted molar refractivity (Wildman–Crippen MR) is 170 cm³/mol. The van der Waals surface area contributed by atoms with Gasteiger partial charge in [-0.3, -0.25) is 14.7 Å². The summed E-state index contributed by atoms with van der Waals surface area (Å²) in [7, 11) is 0.860. The lowest BCUT2D eigenvalue weighted by molar-refractivity contribution is -0.263. The van der Waals surface area contributed by atoms with E-state index in [1.165, 1.54) is 12.1 Å². The Morgan fingerprint density at radius 2 is 1.70 bits per heavy atom. The molecule has 260 valence electrons. The molecule has 1 saturated heterocycles. The third-order valence-electron chi connectivity index (χ3n) is 8.50. The number of anilines is 1. The van der Waals surface area contributed by atoms with Crippen LogP contribution in [0.3, 0.4) is 0 Å². The smallest absolute Gasteiger partial charge is 0.419 e. The molecule has 1 aromatic heterocycles. The summed E-state index contributed by atoms with van der Waals surface area (Å²) in [6.45, 7) is 9.12. The van der Waals surface area contributed by atoms with Crippen LogP contribution in [0.4, 0.5) is 28.0 Å². The average molecular weight is 685 g/mol. The molecule has 0 spiro atoms. The van der Waals surface area contributed by atoms with E-state index in [0.29, 0.717) is 22.8 Å². The number of hydrogen-bond donors (Lipinski definition) is 2. The highest BCUT2D eigenvalue weighted by atomic mass is 32.2. The molecule has 1 saturated carbocycles. The molecule has 47 heavy (non-hydrogen) atoms. The lowest BCUT2D eigenvalue weighted by Gasteiger charge is -2.39. The number of nitrogens with one attached hydrogen (secondary N) is 2. The summed E-state index contributed by atoms with van der Waals surface area (Å²) in [6.07, 6.45) is -0.395. The first-order valence-electron chi connectivity index (χ1n) is 15.5. The number of halogens is 4. The molecular formula is C33H44F4N4O5S. The van der Waals surface area contributed by atoms with E-state index in [4.69, 9.17) is 9.47 Å². The Hall–Kier alpha value is -2.94. The summed E-state index contributed by atoms with van der Waals surface area (Å²) in [6, 6.07) is 5.94. The number of aromatic nitrogens is 1. The number of pyridine rings is 1. The lowest BCUT2D eigenvalue weighted by atomic mass is 9.79. The van der Waals surface area contributed by atoms with Gasteiger partial charge in [-0.1, -0.05) is 18.9 Å². The van der Waals surface area contributed by atoms with Gasteiger partial charge >= 0.3 is 12.3 Å². The molecule has 2 N–H and O–H groups in total. The molecule has 1 aromatic carbocycles. The Bertz CT molecular complexity index is 1430. The molecule has 4 rings (SSSR count). The lowest BCUT2D eigenvalue weighted by Crippen LogP contribution is -2.52. The van der Waals surface area contributed by atoms with Gasteiger partial charge in [0.2, 0.25) is 5.91 Å². The Morgan fingerprint density at radius 1 is 1.06 bits per heavy atom. The molecule has 2 amide bonds. The van der Waals surface area contributed by atoms with Crippen molar-refractivity contribution in [3.8, 4) is 0 Å². The van der Waals surface area contributed by atoms with Gasteiger partial charge in [0, 0.05) is 37.3 Å². The van der Waals surface area contributed by atoms with Crippen molar-refractivity contribution in [3.63, 3.8) is 0 Å². The Morgan fingerprint density at radius 3 is 2.23 bits per heavy atom. The van der Waals surface area contributed by atoms with Crippen molar-refractivity contribution in [3.05, 3.63) is 59.7 Å². The van der Waals surface area contributed by atoms with Crippen molar-refractivity contribution in [2.24, 2.45) is 5.92 Å². The van der Waals surface area contributed by atoms with Crippen LogP contribution in [0.25, 0.3) is 0 Å². The number of benzene rings is 1. The van der Waals surface area contributed by atoms with Crippen LogP contribution in [-0.2, 0) is 31.2 Å². The molecular weight excluding hydrogens is 640 g/mol. The fourth-order valence-electron chi connectivity index (χ4n) is 5.59. The van der Waals surface area contributed by atoms with Crippen LogP contribution in [0.15, 0.2) is 42.7 Å². The van der Waals surface area contributed by atoms with E-state index in [1.807, 2.05) is 20.8 Å². The van der Waals surface area contributed by atoms with Crippen molar-refractivity contribution in [1.29, 1.82) is 0 Å². The van der Waals surface area contributed by atoms with Gasteiger partial charge in [-0.15, -0.1) is 4.72 Å². The van der Waals surface area contributed by atoms with E-state index >= 15 is 4.39 Å². The fourth-order valence-corrected chi connectivity index (χ4v) is 6.55. The highest BCUT2D eigenvalue weighted by molar-refractivity contribution is 7.90. The Labute approximate surface area is 276 Å². The van der Waals surface area contributed by atoms with E-state index in [0.717, 1.165) is 38.0 Å². The minimum Gasteiger partial charge on any atom is -0.598 e. The summed E-state index contributed by atoms with van der Waals surface area (Å²) < 4.78 is 84.7. The number of carbonyl (C=O) groups excluding carboxylic acids is 2. The molecule has 2 aliphatic rings. The molecule has 2 aromatic rings. The van der Waals surface area contributed by atoms with Crippen LogP contribution < -0.4 is 10.0 Å². The zero-order valence-electron chi connectivity index (χ0n) is 27.8. The molecule has 2 unspecified atom stereocenters. The maximum atomic E-state index is 15.5. The number of methoxy groups -OCH3 is 1. The van der Waals surface area contributed by atoms with Gasteiger partial charge in [0.1, 0.15) is 27.7 Å². The van der Waals surface area contributed by atoms with Crippen LogP contribution in [0.1, 0.15) is 84.8 Å². The average Bonchev–Trinajstić information content (AvgIpc) is 3.71. The summed E-state index contributed by atoms with van der Waals surface area (Å²) in [4.78, 5) is 31.6. The molecule has 0 bridgehead atoms. The topological polar surface area (TPSA) is 116 Å². The highest BCUT2D eigenvalue weighted by Gasteiger charge is 2.64. The molecule has 2 fully saturated rings. The SMILES string of the molecule is CO[C@]1(C(F)(F)F)C[C@H](C(=O)Nc2cc(C(CCC3CC3)(N[S+]([O-])C(C)(C)C)c3ccncc3)ccc2F)N(C(=O)OC(C)(C)C)C1. The summed E-state index contributed by atoms with van der Waals surface area (Å²) >= 11 is -1.59. The van der Waals surface area contributed by atoms with Crippen LogP contribution >= 0.6 is 0 Å². The molecule has 4 atom stereocenters. The Kier molecular flexibility index (Phi) is 10.6. The number of amides is 2. The van der Waals surface area contributed by atoms with Gasteiger partial charge in [-0.05, 0) is 95.7 Å². The van der Waals surface area contributed by atoms with E-state index in [1.54, 1.807) is 45.3 Å². The van der Waals surface area contributed by atoms with Crippen molar-refractivity contribution in [1.82, 2.24) is 14.6 Å². The minimum atomic E-state index is -4.93. The van der Waals surface area contributed by atoms with Gasteiger partial charge in [0.25, 0.3) is 0 Å². The Balaban J connectivity index is 1.75. The van der Waals surface area contributed by atoms with Crippen LogP contribution in [0.5, 0.6) is 0 Å². The van der Waals surface area contributed by atoms with E-state index < -0.39 is 75.9 Å². The molecule has 9 nitrogen and oxygen atoms in total. The first kappa shape index (κ1) is 36.9. The van der Waals surface area contributed by atoms with E-state index in [-0.39, 0.29) is 5.69 Å². The van der Waals surface area contributed by atoms with Crippen LogP contribution in [-0.4, -0.2) is 68.3 Å².